The maximum absolute atomic E-state index is 12.5. The van der Waals surface area contributed by atoms with Crippen molar-refractivity contribution in [3.05, 3.63) is 35.4 Å². The number of sulfonamides is 1. The standard InChI is InChI=1S/C27H43N3O4S/c1-20(2)22-9-7-8-10-23(22)24-19-29(35(6,32)33)15-16-30(24)21-17-27(18-21)11-13-28(14-12-27)25(31)34-26(3,4)5/h7-10,20-21,24H,11-19H2,1-6H3. The van der Waals surface area contributed by atoms with Crippen LogP contribution in [0, 0.1) is 5.41 Å². The first-order chi connectivity index (χ1) is 16.3. The van der Waals surface area contributed by atoms with Gasteiger partial charge in [-0.3, -0.25) is 4.90 Å². The van der Waals surface area contributed by atoms with E-state index < -0.39 is 15.6 Å². The van der Waals surface area contributed by atoms with Crippen LogP contribution >= 0.6 is 0 Å². The summed E-state index contributed by atoms with van der Waals surface area (Å²) in [5.41, 5.74) is 2.39. The number of piperazine rings is 1. The van der Waals surface area contributed by atoms with Gasteiger partial charge in [0.2, 0.25) is 10.0 Å². The van der Waals surface area contributed by atoms with Gasteiger partial charge >= 0.3 is 6.09 Å². The molecule has 1 atom stereocenters. The third kappa shape index (κ3) is 5.86. The number of benzene rings is 1. The smallest absolute Gasteiger partial charge is 0.410 e. The summed E-state index contributed by atoms with van der Waals surface area (Å²) >= 11 is 0. The molecule has 1 amide bonds. The molecule has 0 N–H and O–H groups in total. The van der Waals surface area contributed by atoms with Gasteiger partial charge in [0.15, 0.2) is 0 Å². The Morgan fingerprint density at radius 1 is 1.06 bits per heavy atom. The number of nitrogens with zero attached hydrogens (tertiary/aromatic N) is 3. The van der Waals surface area contributed by atoms with Gasteiger partial charge in [0.25, 0.3) is 0 Å². The Bertz CT molecular complexity index is 1020. The van der Waals surface area contributed by atoms with Crippen molar-refractivity contribution in [2.75, 3.05) is 39.0 Å². The van der Waals surface area contributed by atoms with Crippen LogP contribution in [-0.2, 0) is 14.8 Å². The van der Waals surface area contributed by atoms with Crippen LogP contribution in [0.4, 0.5) is 4.79 Å². The van der Waals surface area contributed by atoms with Crippen molar-refractivity contribution in [3.63, 3.8) is 0 Å². The van der Waals surface area contributed by atoms with Gasteiger partial charge in [-0.2, -0.15) is 4.31 Å². The van der Waals surface area contributed by atoms with Crippen molar-refractivity contribution >= 4 is 16.1 Å². The van der Waals surface area contributed by atoms with Gasteiger partial charge in [-0.25, -0.2) is 13.2 Å². The molecule has 0 bridgehead atoms. The first kappa shape index (κ1) is 26.4. The Balaban J connectivity index is 1.46. The molecule has 1 aliphatic carbocycles. The van der Waals surface area contributed by atoms with Crippen LogP contribution in [-0.4, -0.2) is 79.2 Å². The van der Waals surface area contributed by atoms with Gasteiger partial charge in [0, 0.05) is 44.8 Å². The first-order valence-electron chi connectivity index (χ1n) is 13.1. The molecule has 2 aliphatic heterocycles. The molecule has 1 unspecified atom stereocenters. The highest BCUT2D eigenvalue weighted by Crippen LogP contribution is 2.53. The van der Waals surface area contributed by atoms with Gasteiger partial charge in [-0.15, -0.1) is 0 Å². The number of carbonyl (C=O) groups is 1. The predicted octanol–water partition coefficient (Wildman–Crippen LogP) is 4.61. The van der Waals surface area contributed by atoms with E-state index in [1.165, 1.54) is 17.4 Å². The third-order valence-electron chi connectivity index (χ3n) is 8.11. The Morgan fingerprint density at radius 3 is 2.26 bits per heavy atom. The summed E-state index contributed by atoms with van der Waals surface area (Å²) in [6.45, 7) is 13.5. The average Bonchev–Trinajstić information content (AvgIpc) is 2.75. The molecule has 2 heterocycles. The van der Waals surface area contributed by atoms with Gasteiger partial charge < -0.3 is 9.64 Å². The SMILES string of the molecule is CC(C)c1ccccc1C1CN(S(C)(=O)=O)CCN1C1CC2(CCN(C(=O)OC(C)(C)C)CC2)C1. The van der Waals surface area contributed by atoms with Crippen molar-refractivity contribution in [2.24, 2.45) is 5.41 Å². The van der Waals surface area contributed by atoms with Crippen LogP contribution in [0.3, 0.4) is 0 Å². The summed E-state index contributed by atoms with van der Waals surface area (Å²) < 4.78 is 32.1. The molecule has 1 spiro atoms. The zero-order valence-electron chi connectivity index (χ0n) is 22.3. The molecule has 1 saturated carbocycles. The molecule has 7 nitrogen and oxygen atoms in total. The summed E-state index contributed by atoms with van der Waals surface area (Å²) in [7, 11) is -3.23. The number of ether oxygens (including phenoxy) is 1. The topological polar surface area (TPSA) is 70.2 Å². The van der Waals surface area contributed by atoms with E-state index in [1.54, 1.807) is 4.31 Å². The van der Waals surface area contributed by atoms with Crippen molar-refractivity contribution in [2.45, 2.75) is 83.9 Å². The number of piperidine rings is 1. The molecular weight excluding hydrogens is 462 g/mol. The minimum atomic E-state index is -3.23. The van der Waals surface area contributed by atoms with Crippen LogP contribution < -0.4 is 0 Å². The maximum atomic E-state index is 12.5. The lowest BCUT2D eigenvalue weighted by molar-refractivity contribution is -0.0708. The Hall–Kier alpha value is -1.64. The second-order valence-electron chi connectivity index (χ2n) is 12.2. The summed E-state index contributed by atoms with van der Waals surface area (Å²) in [6.07, 6.45) is 5.39. The number of likely N-dealkylation sites (tertiary alicyclic amines) is 1. The van der Waals surface area contributed by atoms with E-state index in [-0.39, 0.29) is 12.1 Å². The molecule has 35 heavy (non-hydrogen) atoms. The minimum Gasteiger partial charge on any atom is -0.444 e. The molecule has 2 saturated heterocycles. The van der Waals surface area contributed by atoms with Gasteiger partial charge in [0.05, 0.1) is 6.26 Å². The number of hydrogen-bond acceptors (Lipinski definition) is 5. The lowest BCUT2D eigenvalue weighted by Gasteiger charge is -2.58. The fourth-order valence-corrected chi connectivity index (χ4v) is 7.03. The second-order valence-corrected chi connectivity index (χ2v) is 14.2. The number of amides is 1. The monoisotopic (exact) mass is 505 g/mol. The van der Waals surface area contributed by atoms with E-state index in [2.05, 4.69) is 43.0 Å². The van der Waals surface area contributed by atoms with Crippen LogP contribution in [0.5, 0.6) is 0 Å². The van der Waals surface area contributed by atoms with Crippen molar-refractivity contribution < 1.29 is 17.9 Å². The maximum Gasteiger partial charge on any atom is 0.410 e. The minimum absolute atomic E-state index is 0.0706. The van der Waals surface area contributed by atoms with E-state index in [4.69, 9.17) is 4.74 Å². The number of hydrogen-bond donors (Lipinski definition) is 0. The quantitative estimate of drug-likeness (QED) is 0.598. The highest BCUT2D eigenvalue weighted by molar-refractivity contribution is 7.88. The van der Waals surface area contributed by atoms with E-state index in [0.29, 0.717) is 30.5 Å². The number of carbonyl (C=O) groups excluding carboxylic acids is 1. The molecule has 1 aromatic rings. The average molecular weight is 506 g/mol. The Labute approximate surface area is 211 Å². The largest absolute Gasteiger partial charge is 0.444 e. The van der Waals surface area contributed by atoms with Crippen LogP contribution in [0.1, 0.15) is 83.4 Å². The van der Waals surface area contributed by atoms with Gasteiger partial charge in [-0.1, -0.05) is 38.1 Å². The molecule has 3 fully saturated rings. The highest BCUT2D eigenvalue weighted by Gasteiger charge is 2.51. The molecule has 8 heteroatoms. The first-order valence-corrected chi connectivity index (χ1v) is 14.9. The zero-order chi connectivity index (χ0) is 25.6. The molecule has 0 radical (unpaired) electrons. The van der Waals surface area contributed by atoms with Crippen molar-refractivity contribution in [1.29, 1.82) is 0 Å². The second kappa shape index (κ2) is 9.67. The lowest BCUT2D eigenvalue weighted by atomic mass is 9.59. The normalized spacial score (nSPS) is 24.5. The van der Waals surface area contributed by atoms with E-state index >= 15 is 0 Å². The Kier molecular flexibility index (Phi) is 7.30. The fourth-order valence-electron chi connectivity index (χ4n) is 6.20. The highest BCUT2D eigenvalue weighted by atomic mass is 32.2. The van der Waals surface area contributed by atoms with Gasteiger partial charge in [0.1, 0.15) is 5.60 Å². The van der Waals surface area contributed by atoms with E-state index in [1.807, 2.05) is 25.7 Å². The predicted molar refractivity (Wildman–Crippen MR) is 139 cm³/mol. The zero-order valence-corrected chi connectivity index (χ0v) is 23.1. The fraction of sp³-hybridized carbons (Fsp3) is 0.741. The Morgan fingerprint density at radius 2 is 1.69 bits per heavy atom. The van der Waals surface area contributed by atoms with Crippen LogP contribution in [0.15, 0.2) is 24.3 Å². The van der Waals surface area contributed by atoms with Crippen molar-refractivity contribution in [1.82, 2.24) is 14.1 Å². The lowest BCUT2D eigenvalue weighted by Crippen LogP contribution is -2.60. The third-order valence-corrected chi connectivity index (χ3v) is 9.38. The van der Waals surface area contributed by atoms with Crippen LogP contribution in [0.2, 0.25) is 0 Å². The van der Waals surface area contributed by atoms with Crippen LogP contribution in [0.25, 0.3) is 0 Å². The summed E-state index contributed by atoms with van der Waals surface area (Å²) in [6, 6.07) is 9.06. The summed E-state index contributed by atoms with van der Waals surface area (Å²) in [5.74, 6) is 0.381. The summed E-state index contributed by atoms with van der Waals surface area (Å²) in [5, 5.41) is 0. The molecule has 1 aromatic carbocycles. The number of rotatable bonds is 4. The summed E-state index contributed by atoms with van der Waals surface area (Å²) in [4.78, 5) is 16.9. The molecule has 196 valence electrons. The van der Waals surface area contributed by atoms with Gasteiger partial charge in [-0.05, 0) is 68.9 Å². The van der Waals surface area contributed by atoms with E-state index in [9.17, 15) is 13.2 Å². The van der Waals surface area contributed by atoms with E-state index in [0.717, 1.165) is 45.3 Å². The molecule has 0 aromatic heterocycles. The molecular formula is C27H43N3O4S. The molecule has 3 aliphatic rings. The van der Waals surface area contributed by atoms with Crippen molar-refractivity contribution in [3.8, 4) is 0 Å². The molecule has 4 rings (SSSR count).